The molecule has 1 saturated carbocycles. The van der Waals surface area contributed by atoms with Gasteiger partial charge >= 0.3 is 0 Å². The van der Waals surface area contributed by atoms with Gasteiger partial charge in [0, 0.05) is 29.9 Å². The molecule has 0 aromatic heterocycles. The van der Waals surface area contributed by atoms with Crippen LogP contribution in [0.1, 0.15) is 49.7 Å². The maximum atomic E-state index is 13.7. The summed E-state index contributed by atoms with van der Waals surface area (Å²) in [6, 6.07) is 24.8. The summed E-state index contributed by atoms with van der Waals surface area (Å²) in [6.45, 7) is 0.767. The van der Waals surface area contributed by atoms with Crippen molar-refractivity contribution in [1.29, 1.82) is 0 Å². The first kappa shape index (κ1) is 28.7. The molecule has 0 radical (unpaired) electrons. The van der Waals surface area contributed by atoms with Gasteiger partial charge in [-0.2, -0.15) is 0 Å². The largest absolute Gasteiger partial charge is 0.497 e. The van der Waals surface area contributed by atoms with Crippen LogP contribution in [0.5, 0.6) is 11.5 Å². The highest BCUT2D eigenvalue weighted by Crippen LogP contribution is 2.22. The van der Waals surface area contributed by atoms with Gasteiger partial charge in [0.15, 0.2) is 0 Å². The minimum Gasteiger partial charge on any atom is -0.497 e. The smallest absolute Gasteiger partial charge is 0.243 e. The molecule has 0 unspecified atom stereocenters. The first-order chi connectivity index (χ1) is 19.0. The summed E-state index contributed by atoms with van der Waals surface area (Å²) >= 11 is 3.49. The summed E-state index contributed by atoms with van der Waals surface area (Å²) in [7, 11) is 1.63. The predicted octanol–water partition coefficient (Wildman–Crippen LogP) is 6.32. The lowest BCUT2D eigenvalue weighted by atomic mass is 10.0. The van der Waals surface area contributed by atoms with Crippen LogP contribution in [0.4, 0.5) is 0 Å². The lowest BCUT2D eigenvalue weighted by Crippen LogP contribution is -2.52. The molecule has 0 spiro atoms. The van der Waals surface area contributed by atoms with Gasteiger partial charge in [-0.25, -0.2) is 0 Å². The molecule has 1 atom stereocenters. The Morgan fingerprint density at radius 2 is 1.59 bits per heavy atom. The van der Waals surface area contributed by atoms with Gasteiger partial charge in [0.2, 0.25) is 11.8 Å². The Morgan fingerprint density at radius 1 is 0.923 bits per heavy atom. The van der Waals surface area contributed by atoms with Crippen LogP contribution in [0.25, 0.3) is 0 Å². The molecule has 6 nitrogen and oxygen atoms in total. The van der Waals surface area contributed by atoms with Crippen LogP contribution in [0.2, 0.25) is 0 Å². The van der Waals surface area contributed by atoms with Crippen molar-refractivity contribution in [3.8, 4) is 11.5 Å². The summed E-state index contributed by atoms with van der Waals surface area (Å²) in [5, 5.41) is 3.25. The monoisotopic (exact) mass is 592 g/mol. The predicted molar refractivity (Wildman–Crippen MR) is 157 cm³/mol. The van der Waals surface area contributed by atoms with Gasteiger partial charge in [0.1, 0.15) is 17.5 Å². The Bertz CT molecular complexity index is 1180. The molecule has 2 amide bonds. The molecule has 3 aromatic carbocycles. The standard InChI is InChI=1S/C32H37BrN2O4/c1-38-28-17-19-29(20-18-28)39-21-7-12-31(36)35(23-25-13-15-26(33)16-14-25)30(22-24-8-3-2-4-9-24)32(37)34-27-10-5-6-11-27/h2-4,8-9,13-20,27,30H,5-7,10-12,21-23H2,1H3,(H,34,37)/t30-/m1/s1. The molecule has 7 heteroatoms. The number of hydrogen-bond acceptors (Lipinski definition) is 4. The molecule has 206 valence electrons. The number of benzene rings is 3. The van der Waals surface area contributed by atoms with Crippen molar-refractivity contribution in [2.75, 3.05) is 13.7 Å². The third-order valence-electron chi connectivity index (χ3n) is 7.10. The van der Waals surface area contributed by atoms with Crippen LogP contribution in [-0.2, 0) is 22.6 Å². The van der Waals surface area contributed by atoms with E-state index in [0.29, 0.717) is 26.0 Å². The van der Waals surface area contributed by atoms with Crippen molar-refractivity contribution in [1.82, 2.24) is 10.2 Å². The number of halogens is 1. The molecule has 0 bridgehead atoms. The normalized spacial score (nSPS) is 14.0. The van der Waals surface area contributed by atoms with Gasteiger partial charge in [-0.1, -0.05) is 71.2 Å². The molecular weight excluding hydrogens is 556 g/mol. The lowest BCUT2D eigenvalue weighted by Gasteiger charge is -2.32. The Labute approximate surface area is 239 Å². The third-order valence-corrected chi connectivity index (χ3v) is 7.63. The summed E-state index contributed by atoms with van der Waals surface area (Å²) in [6.07, 6.45) is 5.54. The van der Waals surface area contributed by atoms with Crippen LogP contribution in [-0.4, -0.2) is 42.5 Å². The maximum Gasteiger partial charge on any atom is 0.243 e. The Morgan fingerprint density at radius 3 is 2.26 bits per heavy atom. The second-order valence-electron chi connectivity index (χ2n) is 9.97. The van der Waals surface area contributed by atoms with Crippen LogP contribution < -0.4 is 14.8 Å². The number of carbonyl (C=O) groups is 2. The van der Waals surface area contributed by atoms with Crippen molar-refractivity contribution in [2.24, 2.45) is 0 Å². The zero-order valence-electron chi connectivity index (χ0n) is 22.5. The molecule has 1 fully saturated rings. The average Bonchev–Trinajstić information content (AvgIpc) is 3.48. The first-order valence-electron chi connectivity index (χ1n) is 13.7. The van der Waals surface area contributed by atoms with E-state index in [4.69, 9.17) is 9.47 Å². The topological polar surface area (TPSA) is 67.9 Å². The molecule has 0 saturated heterocycles. The second-order valence-corrected chi connectivity index (χ2v) is 10.9. The minimum atomic E-state index is -0.605. The van der Waals surface area contributed by atoms with Gasteiger partial charge in [0.05, 0.1) is 13.7 Å². The van der Waals surface area contributed by atoms with E-state index in [1.165, 1.54) is 0 Å². The van der Waals surface area contributed by atoms with Crippen molar-refractivity contribution in [3.63, 3.8) is 0 Å². The van der Waals surface area contributed by atoms with Crippen LogP contribution in [0.3, 0.4) is 0 Å². The van der Waals surface area contributed by atoms with E-state index in [2.05, 4.69) is 21.2 Å². The minimum absolute atomic E-state index is 0.0567. The highest BCUT2D eigenvalue weighted by atomic mass is 79.9. The zero-order valence-corrected chi connectivity index (χ0v) is 24.1. The van der Waals surface area contributed by atoms with E-state index in [1.54, 1.807) is 12.0 Å². The van der Waals surface area contributed by atoms with Crippen LogP contribution in [0, 0.1) is 0 Å². The van der Waals surface area contributed by atoms with Gasteiger partial charge < -0.3 is 19.7 Å². The van der Waals surface area contributed by atoms with Crippen molar-refractivity contribution in [3.05, 3.63) is 94.5 Å². The highest BCUT2D eigenvalue weighted by molar-refractivity contribution is 9.10. The van der Waals surface area contributed by atoms with E-state index in [1.807, 2.05) is 78.9 Å². The van der Waals surface area contributed by atoms with E-state index in [0.717, 1.165) is 52.8 Å². The molecule has 0 heterocycles. The van der Waals surface area contributed by atoms with E-state index >= 15 is 0 Å². The fourth-order valence-corrected chi connectivity index (χ4v) is 5.20. The van der Waals surface area contributed by atoms with Crippen molar-refractivity contribution < 1.29 is 19.1 Å². The van der Waals surface area contributed by atoms with Gasteiger partial charge in [-0.15, -0.1) is 0 Å². The number of rotatable bonds is 13. The number of methoxy groups -OCH3 is 1. The van der Waals surface area contributed by atoms with Gasteiger partial charge in [0.25, 0.3) is 0 Å². The number of ether oxygens (including phenoxy) is 2. The summed E-state index contributed by atoms with van der Waals surface area (Å²) in [5.41, 5.74) is 2.01. The van der Waals surface area contributed by atoms with Crippen molar-refractivity contribution in [2.45, 2.75) is 63.6 Å². The Hall–Kier alpha value is -3.32. The summed E-state index contributed by atoms with van der Waals surface area (Å²) in [4.78, 5) is 29.2. The molecule has 1 aliphatic carbocycles. The fourth-order valence-electron chi connectivity index (χ4n) is 4.94. The Kier molecular flexibility index (Phi) is 10.8. The average molecular weight is 594 g/mol. The fraction of sp³-hybridized carbons (Fsp3) is 0.375. The quantitative estimate of drug-likeness (QED) is 0.236. The van der Waals surface area contributed by atoms with E-state index in [9.17, 15) is 9.59 Å². The van der Waals surface area contributed by atoms with Crippen molar-refractivity contribution >= 4 is 27.7 Å². The Balaban J connectivity index is 1.49. The van der Waals surface area contributed by atoms with Gasteiger partial charge in [-0.3, -0.25) is 9.59 Å². The second kappa shape index (κ2) is 14.7. The SMILES string of the molecule is COc1ccc(OCCCC(=O)N(Cc2ccc(Br)cc2)[C@H](Cc2ccccc2)C(=O)NC2CCCC2)cc1. The van der Waals surface area contributed by atoms with E-state index < -0.39 is 6.04 Å². The molecule has 39 heavy (non-hydrogen) atoms. The molecule has 0 aliphatic heterocycles. The third kappa shape index (κ3) is 8.85. The molecule has 1 aliphatic rings. The molecular formula is C32H37BrN2O4. The molecule has 1 N–H and O–H groups in total. The zero-order chi connectivity index (χ0) is 27.5. The van der Waals surface area contributed by atoms with Crippen LogP contribution in [0.15, 0.2) is 83.3 Å². The molecule has 4 rings (SSSR count). The number of nitrogens with one attached hydrogen (secondary N) is 1. The lowest BCUT2D eigenvalue weighted by molar-refractivity contribution is -0.141. The molecule has 3 aromatic rings. The maximum absolute atomic E-state index is 13.7. The van der Waals surface area contributed by atoms with Crippen LogP contribution >= 0.6 is 15.9 Å². The highest BCUT2D eigenvalue weighted by Gasteiger charge is 2.32. The summed E-state index contributed by atoms with van der Waals surface area (Å²) < 4.78 is 12.0. The number of carbonyl (C=O) groups excluding carboxylic acids is 2. The van der Waals surface area contributed by atoms with Gasteiger partial charge in [-0.05, 0) is 66.8 Å². The number of amides is 2. The first-order valence-corrected chi connectivity index (χ1v) is 14.5. The number of nitrogens with zero attached hydrogens (tertiary/aromatic N) is 1. The van der Waals surface area contributed by atoms with E-state index in [-0.39, 0.29) is 24.3 Å². The number of hydrogen-bond donors (Lipinski definition) is 1. The summed E-state index contributed by atoms with van der Waals surface area (Å²) in [5.74, 6) is 1.36.